The zero-order chi connectivity index (χ0) is 10.1. The Hall–Kier alpha value is -1.26. The number of rotatable bonds is 3. The van der Waals surface area contributed by atoms with E-state index in [1.54, 1.807) is 0 Å². The van der Waals surface area contributed by atoms with Crippen LogP contribution in [0.2, 0.25) is 0 Å². The summed E-state index contributed by atoms with van der Waals surface area (Å²) in [4.78, 5) is 9.98. The quantitative estimate of drug-likeness (QED) is 0.555. The summed E-state index contributed by atoms with van der Waals surface area (Å²) in [7, 11) is 0. The normalized spacial score (nSPS) is 22.8. The topological polar surface area (TPSA) is 40.2 Å². The van der Waals surface area contributed by atoms with Gasteiger partial charge in [0.25, 0.3) is 0 Å². The molecule has 0 aromatic heterocycles. The Morgan fingerprint density at radius 3 is 3.20 bits per heavy atom. The number of hydrogen-bond donors (Lipinski definition) is 0. The van der Waals surface area contributed by atoms with Crippen molar-refractivity contribution in [3.05, 3.63) is 23.8 Å². The highest BCUT2D eigenvalue weighted by atomic mass is 17.2. The van der Waals surface area contributed by atoms with Gasteiger partial charge in [0.15, 0.2) is 5.75 Å². The van der Waals surface area contributed by atoms with E-state index in [-0.39, 0.29) is 6.10 Å². The molecule has 80 valence electrons. The third-order valence-corrected chi connectivity index (χ3v) is 2.50. The van der Waals surface area contributed by atoms with Gasteiger partial charge in [0.1, 0.15) is 18.5 Å². The molecule has 1 atom stereocenters. The van der Waals surface area contributed by atoms with Crippen LogP contribution in [0.15, 0.2) is 18.2 Å². The highest BCUT2D eigenvalue weighted by Gasteiger charge is 2.24. The van der Waals surface area contributed by atoms with Gasteiger partial charge in [0.2, 0.25) is 0 Å². The Morgan fingerprint density at radius 2 is 2.33 bits per heavy atom. The molecule has 0 bridgehead atoms. The summed E-state index contributed by atoms with van der Waals surface area (Å²) in [6.07, 6.45) is 1.11. The molecular formula is C11H12O4. The fourth-order valence-corrected chi connectivity index (χ4v) is 1.60. The van der Waals surface area contributed by atoms with E-state index in [0.717, 1.165) is 30.1 Å². The average molecular weight is 208 g/mol. The minimum Gasteiger partial charge on any atom is -0.490 e. The molecule has 0 amide bonds. The van der Waals surface area contributed by atoms with Gasteiger partial charge < -0.3 is 14.4 Å². The first-order chi connectivity index (χ1) is 7.43. The SMILES string of the molecule is c1cc(OCC2CO2)c2c(c1)OOCC2. The number of benzene rings is 1. The van der Waals surface area contributed by atoms with Crippen molar-refractivity contribution in [3.63, 3.8) is 0 Å². The summed E-state index contributed by atoms with van der Waals surface area (Å²) < 4.78 is 10.8. The van der Waals surface area contributed by atoms with Gasteiger partial charge in [-0.25, -0.2) is 0 Å². The van der Waals surface area contributed by atoms with Crippen LogP contribution in [0.3, 0.4) is 0 Å². The molecule has 15 heavy (non-hydrogen) atoms. The Morgan fingerprint density at radius 1 is 1.40 bits per heavy atom. The number of fused-ring (bicyclic) bond motifs is 1. The fourth-order valence-electron chi connectivity index (χ4n) is 1.60. The molecule has 1 saturated heterocycles. The molecule has 2 aliphatic heterocycles. The van der Waals surface area contributed by atoms with Crippen molar-refractivity contribution < 1.29 is 19.2 Å². The first-order valence-electron chi connectivity index (χ1n) is 5.09. The van der Waals surface area contributed by atoms with Crippen molar-refractivity contribution in [3.8, 4) is 11.5 Å². The van der Waals surface area contributed by atoms with Crippen molar-refractivity contribution in [2.75, 3.05) is 19.8 Å². The Kier molecular flexibility index (Phi) is 2.23. The van der Waals surface area contributed by atoms with E-state index in [4.69, 9.17) is 19.2 Å². The van der Waals surface area contributed by atoms with Gasteiger partial charge in [0, 0.05) is 12.0 Å². The van der Waals surface area contributed by atoms with Crippen molar-refractivity contribution in [1.29, 1.82) is 0 Å². The van der Waals surface area contributed by atoms with E-state index in [9.17, 15) is 0 Å². The fraction of sp³-hybridized carbons (Fsp3) is 0.455. The van der Waals surface area contributed by atoms with Crippen LogP contribution in [-0.4, -0.2) is 25.9 Å². The summed E-state index contributed by atoms with van der Waals surface area (Å²) in [5.41, 5.74) is 1.09. The second-order valence-electron chi connectivity index (χ2n) is 3.65. The van der Waals surface area contributed by atoms with Gasteiger partial charge in [-0.2, -0.15) is 4.89 Å². The largest absolute Gasteiger partial charge is 0.490 e. The number of epoxide rings is 1. The van der Waals surface area contributed by atoms with Crippen LogP contribution in [-0.2, 0) is 16.0 Å². The van der Waals surface area contributed by atoms with Crippen molar-refractivity contribution in [2.24, 2.45) is 0 Å². The van der Waals surface area contributed by atoms with Gasteiger partial charge in [-0.15, -0.1) is 0 Å². The molecule has 4 nitrogen and oxygen atoms in total. The zero-order valence-corrected chi connectivity index (χ0v) is 8.27. The maximum absolute atomic E-state index is 5.67. The first-order valence-corrected chi connectivity index (χ1v) is 5.09. The predicted octanol–water partition coefficient (Wildman–Crippen LogP) is 1.33. The Balaban J connectivity index is 1.79. The van der Waals surface area contributed by atoms with E-state index >= 15 is 0 Å². The van der Waals surface area contributed by atoms with Crippen LogP contribution < -0.4 is 9.62 Å². The molecule has 0 N–H and O–H groups in total. The van der Waals surface area contributed by atoms with E-state index in [2.05, 4.69) is 0 Å². The minimum absolute atomic E-state index is 0.279. The van der Waals surface area contributed by atoms with Crippen LogP contribution >= 0.6 is 0 Å². The van der Waals surface area contributed by atoms with Crippen molar-refractivity contribution >= 4 is 0 Å². The van der Waals surface area contributed by atoms with Crippen LogP contribution in [0, 0.1) is 0 Å². The summed E-state index contributed by atoms with van der Waals surface area (Å²) in [6, 6.07) is 5.74. The van der Waals surface area contributed by atoms with E-state index < -0.39 is 0 Å². The molecule has 0 saturated carbocycles. The Bertz CT molecular complexity index is 360. The highest BCUT2D eigenvalue weighted by molar-refractivity contribution is 5.45. The minimum atomic E-state index is 0.279. The number of hydrogen-bond acceptors (Lipinski definition) is 4. The van der Waals surface area contributed by atoms with Gasteiger partial charge in [-0.3, -0.25) is 0 Å². The molecular weight excluding hydrogens is 196 g/mol. The first kappa shape index (κ1) is 9.00. The zero-order valence-electron chi connectivity index (χ0n) is 8.27. The number of ether oxygens (including phenoxy) is 2. The molecule has 1 aromatic rings. The van der Waals surface area contributed by atoms with E-state index in [1.165, 1.54) is 0 Å². The van der Waals surface area contributed by atoms with E-state index in [1.807, 2.05) is 18.2 Å². The summed E-state index contributed by atoms with van der Waals surface area (Å²) >= 11 is 0. The van der Waals surface area contributed by atoms with Gasteiger partial charge >= 0.3 is 0 Å². The maximum atomic E-state index is 5.67. The van der Waals surface area contributed by atoms with Crippen molar-refractivity contribution in [2.45, 2.75) is 12.5 Å². The standard InChI is InChI=1S/C11H12O4/c1-2-10(13-7-8-6-12-8)9-4-5-14-15-11(9)3-1/h1-3,8H,4-7H2. The lowest BCUT2D eigenvalue weighted by molar-refractivity contribution is -0.215. The van der Waals surface area contributed by atoms with Crippen LogP contribution in [0.25, 0.3) is 0 Å². The molecule has 3 rings (SSSR count). The third kappa shape index (κ3) is 1.91. The highest BCUT2D eigenvalue weighted by Crippen LogP contribution is 2.32. The molecule has 0 spiro atoms. The molecule has 1 unspecified atom stereocenters. The molecule has 0 aliphatic carbocycles. The summed E-state index contributed by atoms with van der Waals surface area (Å²) in [5.74, 6) is 1.64. The predicted molar refractivity (Wildman–Crippen MR) is 52.0 cm³/mol. The van der Waals surface area contributed by atoms with Crippen LogP contribution in [0.1, 0.15) is 5.56 Å². The molecule has 4 heteroatoms. The second kappa shape index (κ2) is 3.72. The maximum Gasteiger partial charge on any atom is 0.172 e. The lowest BCUT2D eigenvalue weighted by atomic mass is 10.1. The third-order valence-electron chi connectivity index (χ3n) is 2.50. The van der Waals surface area contributed by atoms with Crippen LogP contribution in [0.5, 0.6) is 11.5 Å². The monoisotopic (exact) mass is 208 g/mol. The summed E-state index contributed by atoms with van der Waals surface area (Å²) in [6.45, 7) is 2.01. The van der Waals surface area contributed by atoms with Gasteiger partial charge in [-0.1, -0.05) is 6.07 Å². The van der Waals surface area contributed by atoms with Crippen molar-refractivity contribution in [1.82, 2.24) is 0 Å². The van der Waals surface area contributed by atoms with Gasteiger partial charge in [-0.05, 0) is 12.1 Å². The Labute approximate surface area is 87.6 Å². The average Bonchev–Trinajstić information content (AvgIpc) is 3.10. The molecule has 1 aromatic carbocycles. The lowest BCUT2D eigenvalue weighted by Gasteiger charge is -2.18. The van der Waals surface area contributed by atoms with Gasteiger partial charge in [0.05, 0.1) is 13.2 Å². The molecule has 1 fully saturated rings. The molecule has 0 radical (unpaired) electrons. The lowest BCUT2D eigenvalue weighted by Crippen LogP contribution is -2.13. The summed E-state index contributed by atoms with van der Waals surface area (Å²) in [5, 5.41) is 0. The molecule has 2 aliphatic rings. The molecule has 2 heterocycles. The van der Waals surface area contributed by atoms with Crippen LogP contribution in [0.4, 0.5) is 0 Å². The van der Waals surface area contributed by atoms with E-state index in [0.29, 0.717) is 13.2 Å². The smallest absolute Gasteiger partial charge is 0.172 e. The second-order valence-corrected chi connectivity index (χ2v) is 3.65.